The lowest BCUT2D eigenvalue weighted by Gasteiger charge is -2.25. The van der Waals surface area contributed by atoms with Crippen molar-refractivity contribution in [3.8, 4) is 0 Å². The zero-order valence-corrected chi connectivity index (χ0v) is 13.4. The van der Waals surface area contributed by atoms with Gasteiger partial charge in [0.1, 0.15) is 0 Å². The molecule has 4 N–H and O–H groups in total. The maximum absolute atomic E-state index is 12.0. The Morgan fingerprint density at radius 2 is 2.09 bits per heavy atom. The standard InChI is InChI=1S/C17H27N3O2/c1-12(2)16(18)17(22)19-9-14-8-15(21)11-20(14)10-13-6-4-3-5-7-13/h3-7,12,14-16,21H,8-11,18H2,1-2H3,(H,19,22)/t14-,15-,16-/m0/s1. The number of likely N-dealkylation sites (tertiary alicyclic amines) is 1. The van der Waals surface area contributed by atoms with Crippen LogP contribution in [0.4, 0.5) is 0 Å². The number of aliphatic hydroxyl groups is 1. The fourth-order valence-corrected chi connectivity index (χ4v) is 2.82. The first-order valence-corrected chi connectivity index (χ1v) is 7.96. The molecule has 1 amide bonds. The highest BCUT2D eigenvalue weighted by atomic mass is 16.3. The van der Waals surface area contributed by atoms with Gasteiger partial charge in [-0.05, 0) is 17.9 Å². The SMILES string of the molecule is CC(C)[C@H](N)C(=O)NC[C@@H]1C[C@H](O)CN1Cc1ccccc1. The molecule has 0 radical (unpaired) electrons. The molecule has 122 valence electrons. The van der Waals surface area contributed by atoms with Crippen molar-refractivity contribution in [1.82, 2.24) is 10.2 Å². The Balaban J connectivity index is 1.89. The summed E-state index contributed by atoms with van der Waals surface area (Å²) in [7, 11) is 0. The van der Waals surface area contributed by atoms with Gasteiger partial charge in [-0.15, -0.1) is 0 Å². The lowest BCUT2D eigenvalue weighted by atomic mass is 10.0. The van der Waals surface area contributed by atoms with E-state index in [1.54, 1.807) is 0 Å². The van der Waals surface area contributed by atoms with Crippen molar-refractivity contribution in [2.24, 2.45) is 11.7 Å². The first-order valence-electron chi connectivity index (χ1n) is 7.96. The summed E-state index contributed by atoms with van der Waals surface area (Å²) in [4.78, 5) is 14.2. The van der Waals surface area contributed by atoms with Gasteiger partial charge in [-0.2, -0.15) is 0 Å². The Bertz CT molecular complexity index is 478. The second-order valence-electron chi connectivity index (χ2n) is 6.47. The summed E-state index contributed by atoms with van der Waals surface area (Å²) in [5.41, 5.74) is 7.07. The summed E-state index contributed by atoms with van der Waals surface area (Å²) in [5, 5.41) is 12.9. The number of carbonyl (C=O) groups excluding carboxylic acids is 1. The van der Waals surface area contributed by atoms with Crippen molar-refractivity contribution in [3.05, 3.63) is 35.9 Å². The summed E-state index contributed by atoms with van der Waals surface area (Å²) in [5.74, 6) is 0.00522. The van der Waals surface area contributed by atoms with Crippen molar-refractivity contribution in [1.29, 1.82) is 0 Å². The van der Waals surface area contributed by atoms with E-state index in [0.717, 1.165) is 6.54 Å². The molecule has 1 heterocycles. The minimum absolute atomic E-state index is 0.115. The number of rotatable bonds is 6. The molecular weight excluding hydrogens is 278 g/mol. The molecule has 5 nitrogen and oxygen atoms in total. The molecule has 0 spiro atoms. The van der Waals surface area contributed by atoms with Gasteiger partial charge in [-0.3, -0.25) is 9.69 Å². The Labute approximate surface area is 132 Å². The van der Waals surface area contributed by atoms with E-state index >= 15 is 0 Å². The number of hydrogen-bond acceptors (Lipinski definition) is 4. The van der Waals surface area contributed by atoms with Crippen LogP contribution in [-0.2, 0) is 11.3 Å². The Hall–Kier alpha value is -1.43. The monoisotopic (exact) mass is 305 g/mol. The number of nitrogens with one attached hydrogen (secondary N) is 1. The second kappa shape index (κ2) is 7.72. The van der Waals surface area contributed by atoms with Gasteiger partial charge >= 0.3 is 0 Å². The lowest BCUT2D eigenvalue weighted by Crippen LogP contribution is -2.48. The van der Waals surface area contributed by atoms with Crippen molar-refractivity contribution in [3.63, 3.8) is 0 Å². The van der Waals surface area contributed by atoms with Gasteiger partial charge in [0.05, 0.1) is 12.1 Å². The molecule has 3 atom stereocenters. The van der Waals surface area contributed by atoms with Gasteiger partial charge in [0.15, 0.2) is 0 Å². The maximum Gasteiger partial charge on any atom is 0.237 e. The van der Waals surface area contributed by atoms with Crippen LogP contribution in [0.2, 0.25) is 0 Å². The normalized spacial score (nSPS) is 23.7. The summed E-state index contributed by atoms with van der Waals surface area (Å²) >= 11 is 0. The van der Waals surface area contributed by atoms with Gasteiger partial charge in [-0.25, -0.2) is 0 Å². The predicted octanol–water partition coefficient (Wildman–Crippen LogP) is 0.721. The molecule has 1 saturated heterocycles. The number of nitrogens with zero attached hydrogens (tertiary/aromatic N) is 1. The quantitative estimate of drug-likeness (QED) is 0.724. The van der Waals surface area contributed by atoms with Crippen LogP contribution < -0.4 is 11.1 Å². The number of carbonyl (C=O) groups is 1. The summed E-state index contributed by atoms with van der Waals surface area (Å²) < 4.78 is 0. The third-order valence-corrected chi connectivity index (χ3v) is 4.27. The van der Waals surface area contributed by atoms with E-state index in [2.05, 4.69) is 22.3 Å². The zero-order chi connectivity index (χ0) is 16.1. The molecule has 1 aliphatic rings. The van der Waals surface area contributed by atoms with E-state index in [4.69, 9.17) is 5.73 Å². The Kier molecular flexibility index (Phi) is 5.94. The lowest BCUT2D eigenvalue weighted by molar-refractivity contribution is -0.123. The summed E-state index contributed by atoms with van der Waals surface area (Å²) in [6.07, 6.45) is 0.355. The van der Waals surface area contributed by atoms with Gasteiger partial charge in [0.25, 0.3) is 0 Å². The first-order chi connectivity index (χ1) is 10.5. The first kappa shape index (κ1) is 16.9. The third-order valence-electron chi connectivity index (χ3n) is 4.27. The minimum atomic E-state index is -0.478. The molecule has 0 bridgehead atoms. The van der Waals surface area contributed by atoms with Gasteiger partial charge in [-0.1, -0.05) is 44.2 Å². The van der Waals surface area contributed by atoms with Crippen LogP contribution in [0, 0.1) is 5.92 Å². The highest BCUT2D eigenvalue weighted by Crippen LogP contribution is 2.20. The molecule has 0 aliphatic carbocycles. The van der Waals surface area contributed by atoms with Crippen LogP contribution >= 0.6 is 0 Å². The van der Waals surface area contributed by atoms with E-state index in [9.17, 15) is 9.90 Å². The van der Waals surface area contributed by atoms with E-state index < -0.39 is 6.04 Å². The zero-order valence-electron chi connectivity index (χ0n) is 13.4. The van der Waals surface area contributed by atoms with Crippen LogP contribution in [0.5, 0.6) is 0 Å². The molecule has 0 aromatic heterocycles. The Morgan fingerprint density at radius 3 is 2.73 bits per heavy atom. The summed E-state index contributed by atoms with van der Waals surface area (Å²) in [6, 6.07) is 9.85. The van der Waals surface area contributed by atoms with Crippen LogP contribution in [0.25, 0.3) is 0 Å². The van der Waals surface area contributed by atoms with Crippen molar-refractivity contribution in [2.75, 3.05) is 13.1 Å². The number of nitrogens with two attached hydrogens (primary N) is 1. The summed E-state index contributed by atoms with van der Waals surface area (Å²) in [6.45, 7) is 5.83. The van der Waals surface area contributed by atoms with Gasteiger partial charge < -0.3 is 16.2 Å². The molecule has 0 saturated carbocycles. The largest absolute Gasteiger partial charge is 0.392 e. The average molecular weight is 305 g/mol. The number of amides is 1. The molecule has 1 aromatic carbocycles. The van der Waals surface area contributed by atoms with Crippen LogP contribution in [-0.4, -0.2) is 47.2 Å². The second-order valence-corrected chi connectivity index (χ2v) is 6.47. The van der Waals surface area contributed by atoms with Crippen molar-refractivity contribution in [2.45, 2.75) is 45.0 Å². The van der Waals surface area contributed by atoms with Crippen LogP contribution in [0.15, 0.2) is 30.3 Å². The predicted molar refractivity (Wildman–Crippen MR) is 87.1 cm³/mol. The van der Waals surface area contributed by atoms with Crippen molar-refractivity contribution < 1.29 is 9.90 Å². The van der Waals surface area contributed by atoms with Crippen LogP contribution in [0.1, 0.15) is 25.8 Å². The number of β-amino-alcohol motifs (C(OH)–C–C–N with tert-alkyl or cyclic N) is 1. The molecule has 22 heavy (non-hydrogen) atoms. The molecule has 1 aromatic rings. The van der Waals surface area contributed by atoms with E-state index in [1.165, 1.54) is 5.56 Å². The highest BCUT2D eigenvalue weighted by Gasteiger charge is 2.31. The van der Waals surface area contributed by atoms with E-state index in [-0.39, 0.29) is 24.0 Å². The topological polar surface area (TPSA) is 78.6 Å². The van der Waals surface area contributed by atoms with Crippen molar-refractivity contribution >= 4 is 5.91 Å². The Morgan fingerprint density at radius 1 is 1.41 bits per heavy atom. The third kappa shape index (κ3) is 4.53. The number of aliphatic hydroxyl groups excluding tert-OH is 1. The smallest absolute Gasteiger partial charge is 0.237 e. The maximum atomic E-state index is 12.0. The fourth-order valence-electron chi connectivity index (χ4n) is 2.82. The van der Waals surface area contributed by atoms with Gasteiger partial charge in [0, 0.05) is 25.7 Å². The molecule has 1 fully saturated rings. The van der Waals surface area contributed by atoms with Gasteiger partial charge in [0.2, 0.25) is 5.91 Å². The van der Waals surface area contributed by atoms with E-state index in [1.807, 2.05) is 32.0 Å². The number of hydrogen-bond donors (Lipinski definition) is 3. The van der Waals surface area contributed by atoms with Crippen LogP contribution in [0.3, 0.4) is 0 Å². The average Bonchev–Trinajstić information content (AvgIpc) is 2.84. The highest BCUT2D eigenvalue weighted by molar-refractivity contribution is 5.81. The molecule has 5 heteroatoms. The van der Waals surface area contributed by atoms with E-state index in [0.29, 0.717) is 19.5 Å². The molecule has 2 rings (SSSR count). The molecular formula is C17H27N3O2. The minimum Gasteiger partial charge on any atom is -0.392 e. The number of benzene rings is 1. The molecule has 0 unspecified atom stereocenters. The fraction of sp³-hybridized carbons (Fsp3) is 0.588. The molecule has 1 aliphatic heterocycles.